The highest BCUT2D eigenvalue weighted by molar-refractivity contribution is 7.12. The van der Waals surface area contributed by atoms with Gasteiger partial charge in [0.25, 0.3) is 5.91 Å². The van der Waals surface area contributed by atoms with E-state index in [9.17, 15) is 4.79 Å². The predicted octanol–water partition coefficient (Wildman–Crippen LogP) is 4.35. The molecule has 0 atom stereocenters. The number of aromatic nitrogens is 1. The summed E-state index contributed by atoms with van der Waals surface area (Å²) in [6.07, 6.45) is 3.81. The lowest BCUT2D eigenvalue weighted by molar-refractivity contribution is 0.0959. The van der Waals surface area contributed by atoms with Crippen LogP contribution in [-0.4, -0.2) is 16.2 Å². The summed E-state index contributed by atoms with van der Waals surface area (Å²) < 4.78 is 1.90. The number of carbonyl (C=O) groups is 1. The predicted molar refractivity (Wildman–Crippen MR) is 94.8 cm³/mol. The summed E-state index contributed by atoms with van der Waals surface area (Å²) in [6, 6.07) is 13.1. The van der Waals surface area contributed by atoms with Crippen molar-refractivity contribution in [3.8, 4) is 5.69 Å². The summed E-state index contributed by atoms with van der Waals surface area (Å²) in [4.78, 5) is 13.0. The highest BCUT2D eigenvalue weighted by Crippen LogP contribution is 2.21. The Morgan fingerprint density at radius 2 is 1.87 bits per heavy atom. The number of carbonyl (C=O) groups excluding carboxylic acids is 1. The molecule has 0 aliphatic carbocycles. The Kier molecular flexibility index (Phi) is 4.60. The molecule has 4 nitrogen and oxygen atoms in total. The van der Waals surface area contributed by atoms with Gasteiger partial charge in [0.1, 0.15) is 4.88 Å². The SMILES string of the molecule is C/C(=N/NC(=O)c1sccc1-n1cccc1)c1ccc(Cl)cc1. The van der Waals surface area contributed by atoms with E-state index in [1.165, 1.54) is 11.3 Å². The summed E-state index contributed by atoms with van der Waals surface area (Å²) in [5.74, 6) is -0.225. The Bertz CT molecular complexity index is 835. The first-order valence-electron chi connectivity index (χ1n) is 6.96. The van der Waals surface area contributed by atoms with Crippen LogP contribution in [0.15, 0.2) is 65.3 Å². The molecule has 2 aromatic heterocycles. The fraction of sp³-hybridized carbons (Fsp3) is 0.0588. The standard InChI is InChI=1S/C17H14ClN3OS/c1-12(13-4-6-14(18)7-5-13)19-20-17(22)16-15(8-11-23-16)21-9-2-3-10-21/h2-11H,1H3,(H,20,22)/b19-12-. The first kappa shape index (κ1) is 15.5. The molecular weight excluding hydrogens is 330 g/mol. The molecule has 0 spiro atoms. The van der Waals surface area contributed by atoms with E-state index in [1.54, 1.807) is 12.1 Å². The largest absolute Gasteiger partial charge is 0.322 e. The van der Waals surface area contributed by atoms with Crippen LogP contribution in [-0.2, 0) is 0 Å². The Hall–Kier alpha value is -2.37. The van der Waals surface area contributed by atoms with Crippen molar-refractivity contribution >= 4 is 34.6 Å². The molecule has 0 radical (unpaired) electrons. The van der Waals surface area contributed by atoms with Gasteiger partial charge >= 0.3 is 0 Å². The molecule has 3 rings (SSSR count). The molecule has 116 valence electrons. The van der Waals surface area contributed by atoms with Crippen LogP contribution in [0.5, 0.6) is 0 Å². The fourth-order valence-corrected chi connectivity index (χ4v) is 3.02. The maximum atomic E-state index is 12.4. The summed E-state index contributed by atoms with van der Waals surface area (Å²) in [5.41, 5.74) is 5.08. The van der Waals surface area contributed by atoms with Gasteiger partial charge < -0.3 is 4.57 Å². The molecular formula is C17H14ClN3OS. The summed E-state index contributed by atoms with van der Waals surface area (Å²) >= 11 is 7.25. The highest BCUT2D eigenvalue weighted by Gasteiger charge is 2.13. The van der Waals surface area contributed by atoms with E-state index in [-0.39, 0.29) is 5.91 Å². The first-order chi connectivity index (χ1) is 11.1. The van der Waals surface area contributed by atoms with Gasteiger partial charge in [0.05, 0.1) is 11.4 Å². The summed E-state index contributed by atoms with van der Waals surface area (Å²) in [5, 5.41) is 6.73. The molecule has 0 unspecified atom stereocenters. The second-order valence-electron chi connectivity index (χ2n) is 4.87. The zero-order chi connectivity index (χ0) is 16.2. The molecule has 0 bridgehead atoms. The number of halogens is 1. The summed E-state index contributed by atoms with van der Waals surface area (Å²) in [6.45, 7) is 1.84. The van der Waals surface area contributed by atoms with Crippen molar-refractivity contribution in [3.05, 3.63) is 75.7 Å². The lowest BCUT2D eigenvalue weighted by Gasteiger charge is -2.05. The number of benzene rings is 1. The maximum absolute atomic E-state index is 12.4. The van der Waals surface area contributed by atoms with E-state index < -0.39 is 0 Å². The normalized spacial score (nSPS) is 11.5. The number of thiophene rings is 1. The lowest BCUT2D eigenvalue weighted by Crippen LogP contribution is -2.19. The molecule has 0 aliphatic rings. The van der Waals surface area contributed by atoms with E-state index in [2.05, 4.69) is 10.5 Å². The molecule has 2 heterocycles. The molecule has 23 heavy (non-hydrogen) atoms. The quantitative estimate of drug-likeness (QED) is 0.555. The zero-order valence-corrected chi connectivity index (χ0v) is 13.9. The average Bonchev–Trinajstić information content (AvgIpc) is 3.23. The maximum Gasteiger partial charge on any atom is 0.283 e. The third-order valence-corrected chi connectivity index (χ3v) is 4.47. The lowest BCUT2D eigenvalue weighted by atomic mass is 10.1. The van der Waals surface area contributed by atoms with Crippen molar-refractivity contribution in [2.24, 2.45) is 5.10 Å². The minimum absolute atomic E-state index is 0.225. The van der Waals surface area contributed by atoms with Gasteiger partial charge in [0.15, 0.2) is 0 Å². The van der Waals surface area contributed by atoms with Crippen LogP contribution in [0.2, 0.25) is 5.02 Å². The van der Waals surface area contributed by atoms with Crippen molar-refractivity contribution in [1.29, 1.82) is 0 Å². The van der Waals surface area contributed by atoms with Crippen LogP contribution in [0, 0.1) is 0 Å². The molecule has 6 heteroatoms. The highest BCUT2D eigenvalue weighted by atomic mass is 35.5. The molecule has 3 aromatic rings. The Balaban J connectivity index is 1.76. The second-order valence-corrected chi connectivity index (χ2v) is 6.22. The van der Waals surface area contributed by atoms with Crippen molar-refractivity contribution in [3.63, 3.8) is 0 Å². The minimum atomic E-state index is -0.225. The smallest absolute Gasteiger partial charge is 0.283 e. The van der Waals surface area contributed by atoms with Gasteiger partial charge in [0.2, 0.25) is 0 Å². The van der Waals surface area contributed by atoms with Gasteiger partial charge in [-0.3, -0.25) is 4.79 Å². The van der Waals surface area contributed by atoms with Gasteiger partial charge in [-0.05, 0) is 48.2 Å². The van der Waals surface area contributed by atoms with Gasteiger partial charge in [-0.2, -0.15) is 5.10 Å². The monoisotopic (exact) mass is 343 g/mol. The number of hydrazone groups is 1. The molecule has 0 aliphatic heterocycles. The minimum Gasteiger partial charge on any atom is -0.322 e. The molecule has 1 aromatic carbocycles. The van der Waals surface area contributed by atoms with Crippen molar-refractivity contribution in [2.45, 2.75) is 6.92 Å². The zero-order valence-electron chi connectivity index (χ0n) is 12.4. The molecule has 1 amide bonds. The fourth-order valence-electron chi connectivity index (χ4n) is 2.11. The number of rotatable bonds is 4. The summed E-state index contributed by atoms with van der Waals surface area (Å²) in [7, 11) is 0. The molecule has 0 saturated heterocycles. The number of hydrogen-bond donors (Lipinski definition) is 1. The van der Waals surface area contributed by atoms with Crippen molar-refractivity contribution < 1.29 is 4.79 Å². The van der Waals surface area contributed by atoms with Crippen LogP contribution in [0.4, 0.5) is 0 Å². The van der Waals surface area contributed by atoms with E-state index >= 15 is 0 Å². The number of nitrogens with one attached hydrogen (secondary N) is 1. The van der Waals surface area contributed by atoms with Crippen LogP contribution in [0.25, 0.3) is 5.69 Å². The van der Waals surface area contributed by atoms with Crippen molar-refractivity contribution in [1.82, 2.24) is 9.99 Å². The Morgan fingerprint density at radius 1 is 1.17 bits per heavy atom. The number of hydrogen-bond acceptors (Lipinski definition) is 3. The van der Waals surface area contributed by atoms with Gasteiger partial charge in [-0.15, -0.1) is 11.3 Å². The van der Waals surface area contributed by atoms with Crippen molar-refractivity contribution in [2.75, 3.05) is 0 Å². The van der Waals surface area contributed by atoms with E-state index in [1.807, 2.05) is 59.6 Å². The first-order valence-corrected chi connectivity index (χ1v) is 8.22. The average molecular weight is 344 g/mol. The number of nitrogens with zero attached hydrogens (tertiary/aromatic N) is 2. The second kappa shape index (κ2) is 6.81. The van der Waals surface area contributed by atoms with Gasteiger partial charge in [0, 0.05) is 17.4 Å². The van der Waals surface area contributed by atoms with E-state index in [0.717, 1.165) is 11.3 Å². The third kappa shape index (κ3) is 3.52. The number of amides is 1. The van der Waals surface area contributed by atoms with Gasteiger partial charge in [-0.25, -0.2) is 5.43 Å². The Labute approximate surface area is 143 Å². The topological polar surface area (TPSA) is 46.4 Å². The molecule has 1 N–H and O–H groups in total. The molecule has 0 saturated carbocycles. The van der Waals surface area contributed by atoms with Crippen LogP contribution >= 0.6 is 22.9 Å². The van der Waals surface area contributed by atoms with Gasteiger partial charge in [-0.1, -0.05) is 23.7 Å². The van der Waals surface area contributed by atoms with E-state index in [0.29, 0.717) is 15.6 Å². The van der Waals surface area contributed by atoms with E-state index in [4.69, 9.17) is 11.6 Å². The van der Waals surface area contributed by atoms with Crippen LogP contribution in [0.1, 0.15) is 22.2 Å². The Morgan fingerprint density at radius 3 is 2.57 bits per heavy atom. The third-order valence-electron chi connectivity index (χ3n) is 3.32. The molecule has 0 fully saturated rings. The van der Waals surface area contributed by atoms with Crippen LogP contribution in [0.3, 0.4) is 0 Å². The van der Waals surface area contributed by atoms with Crippen LogP contribution < -0.4 is 5.43 Å².